The number of anilines is 1. The van der Waals surface area contributed by atoms with Gasteiger partial charge in [0.25, 0.3) is 0 Å². The van der Waals surface area contributed by atoms with E-state index in [1.165, 1.54) is 11.9 Å². The molecule has 0 radical (unpaired) electrons. The Kier molecular flexibility index (Phi) is 5.80. The van der Waals surface area contributed by atoms with Gasteiger partial charge in [-0.15, -0.1) is 0 Å². The lowest BCUT2D eigenvalue weighted by Gasteiger charge is -2.12. The van der Waals surface area contributed by atoms with Crippen LogP contribution in [0, 0.1) is 0 Å². The van der Waals surface area contributed by atoms with E-state index in [1.807, 2.05) is 49.5 Å². The topological polar surface area (TPSA) is 76.4 Å². The highest BCUT2D eigenvalue weighted by Gasteiger charge is 2.11. The summed E-state index contributed by atoms with van der Waals surface area (Å²) in [6.07, 6.45) is 0. The summed E-state index contributed by atoms with van der Waals surface area (Å²) in [5.74, 6) is 0.451. The van der Waals surface area contributed by atoms with Crippen molar-refractivity contribution in [1.82, 2.24) is 0 Å². The molecule has 4 nitrogen and oxygen atoms in total. The van der Waals surface area contributed by atoms with Gasteiger partial charge >= 0.3 is 0 Å². The van der Waals surface area contributed by atoms with Crippen LogP contribution >= 0.6 is 11.9 Å². The van der Waals surface area contributed by atoms with E-state index in [0.29, 0.717) is 12.4 Å². The molecule has 0 aliphatic rings. The lowest BCUT2D eigenvalue weighted by atomic mass is 10.00. The molecule has 0 saturated carbocycles. The van der Waals surface area contributed by atoms with Crippen molar-refractivity contribution in [2.45, 2.75) is 6.54 Å². The van der Waals surface area contributed by atoms with E-state index in [-0.39, 0.29) is 0 Å². The summed E-state index contributed by atoms with van der Waals surface area (Å²) in [6.45, 7) is 0.539. The van der Waals surface area contributed by atoms with Crippen LogP contribution in [0.25, 0.3) is 0 Å². The first-order valence-electron chi connectivity index (χ1n) is 6.76. The van der Waals surface area contributed by atoms with Gasteiger partial charge in [0, 0.05) is 30.4 Å². The van der Waals surface area contributed by atoms with Crippen LogP contribution in [-0.4, -0.2) is 18.6 Å². The normalized spacial score (nSPS) is 11.5. The molecule has 5 heteroatoms. The van der Waals surface area contributed by atoms with E-state index < -0.39 is 0 Å². The molecule has 5 N–H and O–H groups in total. The van der Waals surface area contributed by atoms with Crippen molar-refractivity contribution >= 4 is 23.3 Å². The maximum atomic E-state index is 5.65. The Balaban J connectivity index is 2.47. The van der Waals surface area contributed by atoms with Crippen molar-refractivity contribution in [3.05, 3.63) is 65.2 Å². The van der Waals surface area contributed by atoms with Gasteiger partial charge in [0.1, 0.15) is 0 Å². The smallest absolute Gasteiger partial charge is 0.0878 e. The van der Waals surface area contributed by atoms with Crippen LogP contribution in [0.4, 0.5) is 5.69 Å². The Bertz CT molecular complexity index is 608. The van der Waals surface area contributed by atoms with Gasteiger partial charge < -0.3 is 16.8 Å². The first kappa shape index (κ1) is 15.6. The Morgan fingerprint density at radius 3 is 2.43 bits per heavy atom. The summed E-state index contributed by atoms with van der Waals surface area (Å²) in [5, 5.41) is 3.20. The zero-order valence-electron chi connectivity index (χ0n) is 12.0. The minimum absolute atomic E-state index is 0.451. The SMILES string of the molecule is CNc1ccccc1/C(=N/SCN)c1ccc(CN)cc1. The van der Waals surface area contributed by atoms with Crippen LogP contribution in [0.15, 0.2) is 52.9 Å². The van der Waals surface area contributed by atoms with E-state index in [0.717, 1.165) is 28.1 Å². The predicted octanol–water partition coefficient (Wildman–Crippen LogP) is 2.59. The van der Waals surface area contributed by atoms with E-state index in [1.54, 1.807) is 0 Å². The molecule has 0 aliphatic heterocycles. The Hall–Kier alpha value is -1.82. The van der Waals surface area contributed by atoms with Gasteiger partial charge in [0.2, 0.25) is 0 Å². The van der Waals surface area contributed by atoms with Crippen LogP contribution in [0.2, 0.25) is 0 Å². The maximum Gasteiger partial charge on any atom is 0.0878 e. The molecule has 0 aromatic heterocycles. The number of nitrogens with one attached hydrogen (secondary N) is 1. The monoisotopic (exact) mass is 300 g/mol. The number of hydrogen-bond acceptors (Lipinski definition) is 5. The molecule has 2 aromatic rings. The summed E-state index contributed by atoms with van der Waals surface area (Å²) in [7, 11) is 1.91. The van der Waals surface area contributed by atoms with Crippen LogP contribution in [0.1, 0.15) is 16.7 Å². The number of para-hydroxylation sites is 1. The van der Waals surface area contributed by atoms with E-state index in [9.17, 15) is 0 Å². The minimum atomic E-state index is 0.451. The van der Waals surface area contributed by atoms with Crippen LogP contribution in [0.3, 0.4) is 0 Å². The molecule has 110 valence electrons. The minimum Gasteiger partial charge on any atom is -0.388 e. The van der Waals surface area contributed by atoms with Gasteiger partial charge in [0.05, 0.1) is 11.6 Å². The largest absolute Gasteiger partial charge is 0.388 e. The number of nitrogens with zero attached hydrogens (tertiary/aromatic N) is 1. The predicted molar refractivity (Wildman–Crippen MR) is 92.6 cm³/mol. The van der Waals surface area contributed by atoms with Crippen LogP contribution in [0.5, 0.6) is 0 Å². The van der Waals surface area contributed by atoms with Gasteiger partial charge in [-0.3, -0.25) is 0 Å². The van der Waals surface area contributed by atoms with Crippen LogP contribution < -0.4 is 16.8 Å². The average molecular weight is 300 g/mol. The molecule has 0 atom stereocenters. The van der Waals surface area contributed by atoms with Crippen molar-refractivity contribution < 1.29 is 0 Å². The zero-order chi connectivity index (χ0) is 15.1. The van der Waals surface area contributed by atoms with E-state index in [2.05, 4.69) is 15.8 Å². The fourth-order valence-electron chi connectivity index (χ4n) is 2.07. The third-order valence-corrected chi connectivity index (χ3v) is 3.61. The van der Waals surface area contributed by atoms with Gasteiger partial charge in [0.15, 0.2) is 0 Å². The molecule has 0 fully saturated rings. The Morgan fingerprint density at radius 1 is 1.10 bits per heavy atom. The van der Waals surface area contributed by atoms with E-state index in [4.69, 9.17) is 11.5 Å². The molecule has 2 rings (SSSR count). The quantitative estimate of drug-likeness (QED) is 0.435. The number of nitrogens with two attached hydrogens (primary N) is 2. The molecule has 0 heterocycles. The fourth-order valence-corrected chi connectivity index (χ4v) is 2.47. The number of rotatable bonds is 6. The lowest BCUT2D eigenvalue weighted by Crippen LogP contribution is -2.07. The van der Waals surface area contributed by atoms with Crippen molar-refractivity contribution in [3.63, 3.8) is 0 Å². The van der Waals surface area contributed by atoms with Crippen molar-refractivity contribution in [3.8, 4) is 0 Å². The fraction of sp³-hybridized carbons (Fsp3) is 0.188. The summed E-state index contributed by atoms with van der Waals surface area (Å²) >= 11 is 1.35. The maximum absolute atomic E-state index is 5.65. The van der Waals surface area contributed by atoms with Gasteiger partial charge in [-0.25, -0.2) is 4.40 Å². The molecule has 0 saturated heterocycles. The molecular weight excluding hydrogens is 280 g/mol. The van der Waals surface area contributed by atoms with Crippen molar-refractivity contribution in [2.75, 3.05) is 18.2 Å². The summed E-state index contributed by atoms with van der Waals surface area (Å²) in [6, 6.07) is 16.2. The van der Waals surface area contributed by atoms with Crippen molar-refractivity contribution in [1.29, 1.82) is 0 Å². The van der Waals surface area contributed by atoms with E-state index >= 15 is 0 Å². The highest BCUT2D eigenvalue weighted by molar-refractivity contribution is 7.98. The Morgan fingerprint density at radius 2 is 1.81 bits per heavy atom. The summed E-state index contributed by atoms with van der Waals surface area (Å²) in [5.41, 5.74) is 16.4. The summed E-state index contributed by atoms with van der Waals surface area (Å²) < 4.78 is 4.58. The molecular formula is C16H20N4S. The van der Waals surface area contributed by atoms with Crippen LogP contribution in [-0.2, 0) is 6.54 Å². The lowest BCUT2D eigenvalue weighted by molar-refractivity contribution is 1.07. The third kappa shape index (κ3) is 3.85. The summed E-state index contributed by atoms with van der Waals surface area (Å²) in [4.78, 5) is 0. The second kappa shape index (κ2) is 7.83. The second-order valence-corrected chi connectivity index (χ2v) is 5.21. The third-order valence-electron chi connectivity index (χ3n) is 3.14. The van der Waals surface area contributed by atoms with Gasteiger partial charge in [-0.2, -0.15) is 0 Å². The standard InChI is InChI=1S/C16H20N4S/c1-19-15-5-3-2-4-14(15)16(20-21-11-18)13-8-6-12(10-17)7-9-13/h2-9,19H,10-11,17-18H2,1H3/b20-16+. The highest BCUT2D eigenvalue weighted by atomic mass is 32.2. The molecule has 0 amide bonds. The van der Waals surface area contributed by atoms with Crippen molar-refractivity contribution in [2.24, 2.45) is 15.9 Å². The molecule has 2 aromatic carbocycles. The first-order valence-corrected chi connectivity index (χ1v) is 7.71. The van der Waals surface area contributed by atoms with Gasteiger partial charge in [-0.1, -0.05) is 42.5 Å². The molecule has 0 spiro atoms. The average Bonchev–Trinajstić information content (AvgIpc) is 2.56. The highest BCUT2D eigenvalue weighted by Crippen LogP contribution is 2.22. The first-order chi connectivity index (χ1) is 10.3. The Labute approximate surface area is 129 Å². The zero-order valence-corrected chi connectivity index (χ0v) is 12.9. The molecule has 0 unspecified atom stereocenters. The molecule has 21 heavy (non-hydrogen) atoms. The van der Waals surface area contributed by atoms with Gasteiger partial charge in [-0.05, 0) is 23.6 Å². The molecule has 0 aliphatic carbocycles. The number of hydrogen-bond donors (Lipinski definition) is 3. The molecule has 0 bridgehead atoms. The number of benzene rings is 2. The second-order valence-electron chi connectivity index (χ2n) is 4.43.